The molecule has 0 bridgehead atoms. The summed E-state index contributed by atoms with van der Waals surface area (Å²) in [5.74, 6) is 0.861. The number of allylic oxidation sites excluding steroid dienone is 1. The van der Waals surface area contributed by atoms with Crippen molar-refractivity contribution in [1.29, 1.82) is 0 Å². The molecule has 1 heterocycles. The van der Waals surface area contributed by atoms with Crippen molar-refractivity contribution >= 4 is 16.9 Å². The summed E-state index contributed by atoms with van der Waals surface area (Å²) in [6.45, 7) is 12.3. The van der Waals surface area contributed by atoms with E-state index in [0.29, 0.717) is 13.0 Å². The van der Waals surface area contributed by atoms with Crippen molar-refractivity contribution < 1.29 is 9.53 Å². The molecule has 0 saturated heterocycles. The Kier molecular flexibility index (Phi) is 10.2. The predicted molar refractivity (Wildman–Crippen MR) is 106 cm³/mol. The fourth-order valence-electron chi connectivity index (χ4n) is 3.19. The van der Waals surface area contributed by atoms with Gasteiger partial charge in [-0.3, -0.25) is 4.79 Å². The summed E-state index contributed by atoms with van der Waals surface area (Å²) in [7, 11) is 0. The highest BCUT2D eigenvalue weighted by Crippen LogP contribution is 2.48. The van der Waals surface area contributed by atoms with Crippen molar-refractivity contribution in [2.24, 2.45) is 0 Å². The Labute approximate surface area is 152 Å². The highest BCUT2D eigenvalue weighted by atomic mass is 32.2. The number of ether oxygens (including phenoxy) is 1. The van der Waals surface area contributed by atoms with E-state index in [0.717, 1.165) is 24.2 Å². The molecule has 3 heteroatoms. The van der Waals surface area contributed by atoms with Crippen LogP contribution >= 0.6 is 11.8 Å². The van der Waals surface area contributed by atoms with Gasteiger partial charge in [0.2, 0.25) is 5.12 Å². The second-order valence-corrected chi connectivity index (χ2v) is 8.22. The molecular formula is C21H34O2S. The van der Waals surface area contributed by atoms with Gasteiger partial charge in [0.05, 0.1) is 4.75 Å². The predicted octanol–water partition coefficient (Wildman–Crippen LogP) is 6.58. The Hall–Kier alpha value is -0.960. The molecule has 0 fully saturated rings. The minimum Gasteiger partial charge on any atom is -0.492 e. The average molecular weight is 351 g/mol. The summed E-state index contributed by atoms with van der Waals surface area (Å²) in [5.41, 5.74) is 0.791. The molecule has 0 aromatic rings. The Balaban J connectivity index is 2.50. The second-order valence-electron chi connectivity index (χ2n) is 6.75. The molecule has 0 radical (unpaired) electrons. The molecule has 2 nitrogen and oxygen atoms in total. The van der Waals surface area contributed by atoms with E-state index in [1.54, 1.807) is 12.2 Å². The van der Waals surface area contributed by atoms with Crippen LogP contribution in [-0.4, -0.2) is 16.5 Å². The first kappa shape index (κ1) is 21.1. The van der Waals surface area contributed by atoms with Gasteiger partial charge < -0.3 is 4.74 Å². The molecule has 0 aliphatic carbocycles. The molecule has 1 aliphatic rings. The Morgan fingerprint density at radius 3 is 2.25 bits per heavy atom. The molecule has 0 N–H and O–H groups in total. The van der Waals surface area contributed by atoms with E-state index < -0.39 is 0 Å². The van der Waals surface area contributed by atoms with Gasteiger partial charge in [-0.2, -0.15) is 0 Å². The zero-order valence-corrected chi connectivity index (χ0v) is 16.4. The molecular weight excluding hydrogens is 316 g/mol. The smallest absolute Gasteiger partial charge is 0.220 e. The zero-order chi connectivity index (χ0) is 17.8. The van der Waals surface area contributed by atoms with Crippen LogP contribution in [-0.2, 0) is 9.53 Å². The third kappa shape index (κ3) is 6.51. The van der Waals surface area contributed by atoms with E-state index in [-0.39, 0.29) is 9.86 Å². The first-order valence-corrected chi connectivity index (χ1v) is 10.2. The topological polar surface area (TPSA) is 26.3 Å². The van der Waals surface area contributed by atoms with E-state index in [9.17, 15) is 4.79 Å². The summed E-state index contributed by atoms with van der Waals surface area (Å²) >= 11 is 1.43. The fourth-order valence-corrected chi connectivity index (χ4v) is 4.42. The number of thioether (sulfide) groups is 1. The van der Waals surface area contributed by atoms with E-state index >= 15 is 0 Å². The van der Waals surface area contributed by atoms with Gasteiger partial charge in [-0.05, 0) is 19.8 Å². The molecule has 1 aliphatic heterocycles. The van der Waals surface area contributed by atoms with Crippen LogP contribution in [0.2, 0.25) is 0 Å². The summed E-state index contributed by atoms with van der Waals surface area (Å²) in [5, 5.41) is 0.149. The highest BCUT2D eigenvalue weighted by molar-refractivity contribution is 8.15. The largest absolute Gasteiger partial charge is 0.492 e. The van der Waals surface area contributed by atoms with Crippen molar-refractivity contribution in [3.8, 4) is 0 Å². The minimum atomic E-state index is -0.222. The lowest BCUT2D eigenvalue weighted by Crippen LogP contribution is -2.22. The van der Waals surface area contributed by atoms with Crippen molar-refractivity contribution in [3.05, 3.63) is 36.6 Å². The van der Waals surface area contributed by atoms with E-state index in [2.05, 4.69) is 27.0 Å². The maximum absolute atomic E-state index is 12.3. The lowest BCUT2D eigenvalue weighted by Gasteiger charge is -2.26. The van der Waals surface area contributed by atoms with Crippen LogP contribution < -0.4 is 0 Å². The molecule has 0 amide bonds. The van der Waals surface area contributed by atoms with Crippen molar-refractivity contribution in [2.75, 3.05) is 6.61 Å². The first-order valence-electron chi connectivity index (χ1n) is 9.40. The number of carbonyl (C=O) groups excluding carboxylic acids is 1. The van der Waals surface area contributed by atoms with Crippen LogP contribution in [0.15, 0.2) is 36.6 Å². The molecule has 136 valence electrons. The number of carbonyl (C=O) groups is 1. The van der Waals surface area contributed by atoms with Crippen molar-refractivity contribution in [3.63, 3.8) is 0 Å². The van der Waals surface area contributed by atoms with E-state index in [1.807, 2.05) is 0 Å². The Bertz CT molecular complexity index is 453. The molecule has 0 unspecified atom stereocenters. The minimum absolute atomic E-state index is 0.149. The first-order chi connectivity index (χ1) is 11.6. The summed E-state index contributed by atoms with van der Waals surface area (Å²) in [6.07, 6.45) is 15.5. The van der Waals surface area contributed by atoms with Crippen LogP contribution in [0, 0.1) is 0 Å². The number of rotatable bonds is 14. The molecule has 1 rings (SSSR count). The maximum atomic E-state index is 12.3. The molecule has 0 spiro atoms. The van der Waals surface area contributed by atoms with Crippen LogP contribution in [0.4, 0.5) is 0 Å². The van der Waals surface area contributed by atoms with E-state index in [4.69, 9.17) is 4.74 Å². The van der Waals surface area contributed by atoms with Gasteiger partial charge >= 0.3 is 0 Å². The van der Waals surface area contributed by atoms with Crippen molar-refractivity contribution in [1.82, 2.24) is 0 Å². The number of unbranched alkanes of at least 4 members (excludes halogenated alkanes) is 7. The van der Waals surface area contributed by atoms with Crippen molar-refractivity contribution in [2.45, 2.75) is 82.8 Å². The standard InChI is InChI=1S/C21H34O2S/c1-5-8-9-10-11-12-13-14-16-21(4)19(23-17-7-3)18(15-6-2)20(22)24-21/h6-7H,2-3,5,8-17H2,1,4H3/t21-/m0/s1. The van der Waals surface area contributed by atoms with Crippen LogP contribution in [0.25, 0.3) is 0 Å². The highest BCUT2D eigenvalue weighted by Gasteiger charge is 2.43. The van der Waals surface area contributed by atoms with Gasteiger partial charge in [0.1, 0.15) is 12.4 Å². The van der Waals surface area contributed by atoms with Gasteiger partial charge in [-0.1, -0.05) is 88.8 Å². The lowest BCUT2D eigenvalue weighted by atomic mass is 9.95. The number of hydrogen-bond donors (Lipinski definition) is 0. The van der Waals surface area contributed by atoms with Gasteiger partial charge in [0.25, 0.3) is 0 Å². The molecule has 0 aromatic heterocycles. The average Bonchev–Trinajstić information content (AvgIpc) is 2.79. The summed E-state index contributed by atoms with van der Waals surface area (Å²) < 4.78 is 5.68. The van der Waals surface area contributed by atoms with Gasteiger partial charge in [-0.25, -0.2) is 0 Å². The molecule has 1 atom stereocenters. The van der Waals surface area contributed by atoms with Crippen LogP contribution in [0.1, 0.15) is 78.1 Å². The molecule has 24 heavy (non-hydrogen) atoms. The quantitative estimate of drug-likeness (QED) is 0.261. The SMILES string of the molecule is C=CCOC1=C(CC=C)C(=O)S[C@@]1(C)CCCCCCCCCC. The maximum Gasteiger partial charge on any atom is 0.220 e. The lowest BCUT2D eigenvalue weighted by molar-refractivity contribution is -0.107. The van der Waals surface area contributed by atoms with Gasteiger partial charge in [0.15, 0.2) is 0 Å². The monoisotopic (exact) mass is 350 g/mol. The van der Waals surface area contributed by atoms with Gasteiger partial charge in [0, 0.05) is 5.57 Å². The van der Waals surface area contributed by atoms with Gasteiger partial charge in [-0.15, -0.1) is 6.58 Å². The summed E-state index contributed by atoms with van der Waals surface area (Å²) in [4.78, 5) is 12.3. The number of hydrogen-bond acceptors (Lipinski definition) is 3. The fraction of sp³-hybridized carbons (Fsp3) is 0.667. The summed E-state index contributed by atoms with van der Waals surface area (Å²) in [6, 6.07) is 0. The normalized spacial score (nSPS) is 20.5. The van der Waals surface area contributed by atoms with E-state index in [1.165, 1.54) is 56.7 Å². The third-order valence-electron chi connectivity index (χ3n) is 4.52. The third-order valence-corrected chi connectivity index (χ3v) is 5.79. The molecule has 0 saturated carbocycles. The second kappa shape index (κ2) is 11.6. The van der Waals surface area contributed by atoms with Crippen LogP contribution in [0.3, 0.4) is 0 Å². The van der Waals surface area contributed by atoms with Crippen LogP contribution in [0.5, 0.6) is 0 Å². The molecule has 0 aromatic carbocycles. The zero-order valence-electron chi connectivity index (χ0n) is 15.6. The Morgan fingerprint density at radius 1 is 1.04 bits per heavy atom. The Morgan fingerprint density at radius 2 is 1.67 bits per heavy atom.